The van der Waals surface area contributed by atoms with Crippen LogP contribution in [0, 0.1) is 21.4 Å². The molecule has 0 bridgehead atoms. The quantitative estimate of drug-likeness (QED) is 0.669. The average Bonchev–Trinajstić information content (AvgIpc) is 2.48. The van der Waals surface area contributed by atoms with Crippen molar-refractivity contribution in [3.8, 4) is 11.8 Å². The Morgan fingerprint density at radius 3 is 2.71 bits per heavy atom. The van der Waals surface area contributed by atoms with Crippen LogP contribution in [0.4, 0.5) is 17.1 Å². The molecule has 0 fully saturated rings. The summed E-state index contributed by atoms with van der Waals surface area (Å²) < 4.78 is 5.39. The van der Waals surface area contributed by atoms with Gasteiger partial charge in [-0.2, -0.15) is 5.26 Å². The van der Waals surface area contributed by atoms with Gasteiger partial charge in [0, 0.05) is 23.5 Å². The number of anilines is 2. The Kier molecular flexibility index (Phi) is 4.36. The molecule has 0 saturated heterocycles. The van der Waals surface area contributed by atoms with Crippen molar-refractivity contribution in [3.63, 3.8) is 0 Å². The van der Waals surface area contributed by atoms with Crippen molar-refractivity contribution in [1.29, 1.82) is 5.26 Å². The zero-order valence-electron chi connectivity index (χ0n) is 11.4. The van der Waals surface area contributed by atoms with Gasteiger partial charge in [-0.1, -0.05) is 6.07 Å². The van der Waals surface area contributed by atoms with E-state index < -0.39 is 4.92 Å². The van der Waals surface area contributed by atoms with E-state index in [1.807, 2.05) is 25.1 Å². The van der Waals surface area contributed by atoms with Gasteiger partial charge < -0.3 is 10.1 Å². The van der Waals surface area contributed by atoms with E-state index in [4.69, 9.17) is 10.00 Å². The van der Waals surface area contributed by atoms with Gasteiger partial charge in [0.15, 0.2) is 0 Å². The molecule has 2 aromatic rings. The number of nitrogens with one attached hydrogen (secondary N) is 1. The molecule has 6 nitrogen and oxygen atoms in total. The summed E-state index contributed by atoms with van der Waals surface area (Å²) in [4.78, 5) is 10.4. The summed E-state index contributed by atoms with van der Waals surface area (Å²) in [7, 11) is 0. The van der Waals surface area contributed by atoms with Gasteiger partial charge in [0.05, 0.1) is 11.5 Å². The van der Waals surface area contributed by atoms with Crippen LogP contribution in [-0.2, 0) is 0 Å². The van der Waals surface area contributed by atoms with Crippen LogP contribution in [0.2, 0.25) is 0 Å². The molecule has 0 aliphatic rings. The van der Waals surface area contributed by atoms with E-state index >= 15 is 0 Å². The standard InChI is InChI=1S/C15H13N3O3/c1-2-21-14-5-3-4-12(8-14)17-13-7-6-11(10-16)15(9-13)18(19)20/h3-9,17H,2H2,1H3. The molecule has 21 heavy (non-hydrogen) atoms. The molecule has 0 radical (unpaired) electrons. The highest BCUT2D eigenvalue weighted by molar-refractivity contribution is 5.66. The van der Waals surface area contributed by atoms with E-state index in [9.17, 15) is 10.1 Å². The molecular weight excluding hydrogens is 270 g/mol. The molecule has 0 aliphatic carbocycles. The summed E-state index contributed by atoms with van der Waals surface area (Å²) in [6.45, 7) is 2.45. The average molecular weight is 283 g/mol. The van der Waals surface area contributed by atoms with Gasteiger partial charge >= 0.3 is 0 Å². The van der Waals surface area contributed by atoms with Crippen molar-refractivity contribution >= 4 is 17.1 Å². The number of nitrogens with zero attached hydrogens (tertiary/aromatic N) is 2. The minimum atomic E-state index is -0.569. The van der Waals surface area contributed by atoms with Crippen LogP contribution in [0.5, 0.6) is 5.75 Å². The lowest BCUT2D eigenvalue weighted by molar-refractivity contribution is -0.385. The van der Waals surface area contributed by atoms with E-state index in [0.717, 1.165) is 5.69 Å². The molecular formula is C15H13N3O3. The molecule has 0 heterocycles. The number of hydrogen-bond donors (Lipinski definition) is 1. The van der Waals surface area contributed by atoms with Crippen molar-refractivity contribution in [2.45, 2.75) is 6.92 Å². The molecule has 0 amide bonds. The first-order valence-electron chi connectivity index (χ1n) is 6.32. The van der Waals surface area contributed by atoms with Gasteiger partial charge in [-0.05, 0) is 31.2 Å². The monoisotopic (exact) mass is 283 g/mol. The highest BCUT2D eigenvalue weighted by Crippen LogP contribution is 2.26. The molecule has 0 aliphatic heterocycles. The fourth-order valence-corrected chi connectivity index (χ4v) is 1.85. The predicted molar refractivity (Wildman–Crippen MR) is 78.7 cm³/mol. The zero-order valence-corrected chi connectivity index (χ0v) is 11.4. The third-order valence-corrected chi connectivity index (χ3v) is 2.75. The number of ether oxygens (including phenoxy) is 1. The maximum atomic E-state index is 10.9. The highest BCUT2D eigenvalue weighted by atomic mass is 16.6. The van der Waals surface area contributed by atoms with E-state index in [-0.39, 0.29) is 11.3 Å². The molecule has 2 rings (SSSR count). The Hall–Kier alpha value is -3.07. The molecule has 1 N–H and O–H groups in total. The minimum absolute atomic E-state index is 0.0358. The largest absolute Gasteiger partial charge is 0.494 e. The third kappa shape index (κ3) is 3.48. The van der Waals surface area contributed by atoms with Crippen LogP contribution in [0.3, 0.4) is 0 Å². The number of nitro groups is 1. The van der Waals surface area contributed by atoms with Crippen molar-refractivity contribution in [2.24, 2.45) is 0 Å². The number of rotatable bonds is 5. The van der Waals surface area contributed by atoms with E-state index in [0.29, 0.717) is 18.0 Å². The number of hydrogen-bond acceptors (Lipinski definition) is 5. The van der Waals surface area contributed by atoms with Crippen molar-refractivity contribution < 1.29 is 9.66 Å². The SMILES string of the molecule is CCOc1cccc(Nc2ccc(C#N)c([N+](=O)[O-])c2)c1. The molecule has 0 aromatic heterocycles. The van der Waals surface area contributed by atoms with Crippen LogP contribution < -0.4 is 10.1 Å². The number of benzene rings is 2. The lowest BCUT2D eigenvalue weighted by Gasteiger charge is -2.09. The highest BCUT2D eigenvalue weighted by Gasteiger charge is 2.14. The lowest BCUT2D eigenvalue weighted by atomic mass is 10.1. The van der Waals surface area contributed by atoms with Gasteiger partial charge in [0.25, 0.3) is 5.69 Å². The summed E-state index contributed by atoms with van der Waals surface area (Å²) >= 11 is 0. The van der Waals surface area contributed by atoms with Gasteiger partial charge in [0.2, 0.25) is 0 Å². The van der Waals surface area contributed by atoms with E-state index in [1.165, 1.54) is 12.1 Å². The first-order valence-corrected chi connectivity index (χ1v) is 6.32. The van der Waals surface area contributed by atoms with Crippen molar-refractivity contribution in [1.82, 2.24) is 0 Å². The summed E-state index contributed by atoms with van der Waals surface area (Å²) in [6, 6.07) is 13.5. The summed E-state index contributed by atoms with van der Waals surface area (Å²) in [5, 5.41) is 22.8. The second-order valence-electron chi connectivity index (χ2n) is 4.19. The van der Waals surface area contributed by atoms with Crippen LogP contribution in [0.1, 0.15) is 12.5 Å². The Bertz CT molecular complexity index is 708. The Morgan fingerprint density at radius 2 is 2.05 bits per heavy atom. The zero-order chi connectivity index (χ0) is 15.2. The van der Waals surface area contributed by atoms with Gasteiger partial charge in [-0.3, -0.25) is 10.1 Å². The molecule has 2 aromatic carbocycles. The summed E-state index contributed by atoms with van der Waals surface area (Å²) in [5.41, 5.74) is 1.10. The van der Waals surface area contributed by atoms with Crippen molar-refractivity contribution in [2.75, 3.05) is 11.9 Å². The maximum absolute atomic E-state index is 10.9. The van der Waals surface area contributed by atoms with Gasteiger partial charge in [-0.25, -0.2) is 0 Å². The van der Waals surface area contributed by atoms with Crippen molar-refractivity contribution in [3.05, 3.63) is 58.1 Å². The van der Waals surface area contributed by atoms with Crippen LogP contribution in [-0.4, -0.2) is 11.5 Å². The fourth-order valence-electron chi connectivity index (χ4n) is 1.85. The minimum Gasteiger partial charge on any atom is -0.494 e. The lowest BCUT2D eigenvalue weighted by Crippen LogP contribution is -1.97. The predicted octanol–water partition coefficient (Wildman–Crippen LogP) is 3.61. The summed E-state index contributed by atoms with van der Waals surface area (Å²) in [5.74, 6) is 0.714. The first-order chi connectivity index (χ1) is 10.1. The second kappa shape index (κ2) is 6.39. The topological polar surface area (TPSA) is 88.2 Å². The number of nitro benzene ring substituents is 1. The smallest absolute Gasteiger partial charge is 0.289 e. The number of nitriles is 1. The Morgan fingerprint density at radius 1 is 1.29 bits per heavy atom. The molecule has 0 atom stereocenters. The maximum Gasteiger partial charge on any atom is 0.289 e. The molecule has 6 heteroatoms. The van der Waals surface area contributed by atoms with E-state index in [2.05, 4.69) is 5.32 Å². The molecule has 0 unspecified atom stereocenters. The second-order valence-corrected chi connectivity index (χ2v) is 4.19. The fraction of sp³-hybridized carbons (Fsp3) is 0.133. The van der Waals surface area contributed by atoms with Gasteiger partial charge in [0.1, 0.15) is 17.4 Å². The Balaban J connectivity index is 2.28. The first kappa shape index (κ1) is 14.3. The normalized spacial score (nSPS) is 9.71. The molecule has 0 spiro atoms. The Labute approximate surface area is 121 Å². The van der Waals surface area contributed by atoms with Crippen LogP contribution in [0.25, 0.3) is 0 Å². The third-order valence-electron chi connectivity index (χ3n) is 2.75. The molecule has 106 valence electrons. The van der Waals surface area contributed by atoms with Crippen LogP contribution >= 0.6 is 0 Å². The summed E-state index contributed by atoms with van der Waals surface area (Å²) in [6.07, 6.45) is 0. The van der Waals surface area contributed by atoms with E-state index in [1.54, 1.807) is 18.2 Å². The van der Waals surface area contributed by atoms with Crippen LogP contribution in [0.15, 0.2) is 42.5 Å². The molecule has 0 saturated carbocycles. The van der Waals surface area contributed by atoms with Gasteiger partial charge in [-0.15, -0.1) is 0 Å².